The molecule has 2 atom stereocenters. The maximum atomic E-state index is 11.5. The van der Waals surface area contributed by atoms with Crippen molar-refractivity contribution >= 4 is 17.9 Å². The van der Waals surface area contributed by atoms with E-state index >= 15 is 0 Å². The molecule has 2 aromatic rings. The van der Waals surface area contributed by atoms with Gasteiger partial charge in [0.1, 0.15) is 12.5 Å². The summed E-state index contributed by atoms with van der Waals surface area (Å²) in [5, 5.41) is 37.5. The van der Waals surface area contributed by atoms with E-state index in [0.717, 1.165) is 11.1 Å². The SMILES string of the molecule is CCNC(CNCC(NCCCC(C(=O)O)(C(=O)O)C(=O)O)OCc1ccccc1)OCc1ccccc1. The van der Waals surface area contributed by atoms with Crippen molar-refractivity contribution in [2.45, 2.75) is 45.4 Å². The molecule has 0 spiro atoms. The predicted octanol–water partition coefficient (Wildman–Crippen LogP) is 1.88. The zero-order chi connectivity index (χ0) is 27.8. The van der Waals surface area contributed by atoms with Crippen molar-refractivity contribution in [1.82, 2.24) is 16.0 Å². The van der Waals surface area contributed by atoms with Crippen LogP contribution in [-0.2, 0) is 37.1 Å². The van der Waals surface area contributed by atoms with Crippen LogP contribution >= 0.6 is 0 Å². The van der Waals surface area contributed by atoms with E-state index in [1.54, 1.807) is 0 Å². The molecule has 0 amide bonds. The first-order valence-corrected chi connectivity index (χ1v) is 12.5. The third-order valence-corrected chi connectivity index (χ3v) is 5.88. The minimum absolute atomic E-state index is 0.00367. The van der Waals surface area contributed by atoms with Crippen molar-refractivity contribution in [3.63, 3.8) is 0 Å². The van der Waals surface area contributed by atoms with Gasteiger partial charge in [0.15, 0.2) is 0 Å². The van der Waals surface area contributed by atoms with Crippen LogP contribution in [0, 0.1) is 5.41 Å². The Morgan fingerprint density at radius 1 is 0.763 bits per heavy atom. The first-order chi connectivity index (χ1) is 18.3. The fourth-order valence-electron chi connectivity index (χ4n) is 3.71. The molecule has 0 heterocycles. The number of aliphatic carboxylic acids is 3. The number of hydrogen-bond donors (Lipinski definition) is 6. The molecule has 0 fully saturated rings. The smallest absolute Gasteiger partial charge is 0.332 e. The summed E-state index contributed by atoms with van der Waals surface area (Å²) in [6, 6.07) is 19.4. The predicted molar refractivity (Wildman–Crippen MR) is 139 cm³/mol. The Kier molecular flexibility index (Phi) is 13.4. The van der Waals surface area contributed by atoms with Gasteiger partial charge in [-0.2, -0.15) is 0 Å². The zero-order valence-corrected chi connectivity index (χ0v) is 21.5. The van der Waals surface area contributed by atoms with Crippen LogP contribution in [0.2, 0.25) is 0 Å². The molecular formula is C27H37N3O8. The van der Waals surface area contributed by atoms with E-state index in [9.17, 15) is 29.7 Å². The van der Waals surface area contributed by atoms with Gasteiger partial charge in [0.2, 0.25) is 0 Å². The van der Waals surface area contributed by atoms with Crippen molar-refractivity contribution in [2.75, 3.05) is 26.2 Å². The Balaban J connectivity index is 1.92. The third-order valence-electron chi connectivity index (χ3n) is 5.88. The van der Waals surface area contributed by atoms with Crippen molar-refractivity contribution in [3.8, 4) is 0 Å². The van der Waals surface area contributed by atoms with E-state index in [1.165, 1.54) is 0 Å². The molecule has 2 unspecified atom stereocenters. The minimum atomic E-state index is -2.89. The molecule has 0 saturated heterocycles. The van der Waals surface area contributed by atoms with Gasteiger partial charge in [-0.1, -0.05) is 67.6 Å². The molecule has 6 N–H and O–H groups in total. The lowest BCUT2D eigenvalue weighted by atomic mass is 9.83. The van der Waals surface area contributed by atoms with Crippen molar-refractivity contribution in [1.29, 1.82) is 0 Å². The highest BCUT2D eigenvalue weighted by molar-refractivity contribution is 6.16. The van der Waals surface area contributed by atoms with E-state index < -0.39 is 36.0 Å². The highest BCUT2D eigenvalue weighted by Crippen LogP contribution is 2.25. The standard InChI is InChI=1S/C27H37N3O8/c1-2-29-22(37-18-20-10-5-3-6-11-20)16-28-17-23(38-19-21-12-7-4-8-13-21)30-15-9-14-27(24(31)32,25(33)34)26(35)36/h3-8,10-13,22-23,28-30H,2,9,14-19H2,1H3,(H,31,32)(H,33,34)(H,35,36). The Morgan fingerprint density at radius 3 is 1.63 bits per heavy atom. The van der Waals surface area contributed by atoms with Crippen molar-refractivity contribution in [2.24, 2.45) is 5.41 Å². The van der Waals surface area contributed by atoms with Crippen LogP contribution in [0.5, 0.6) is 0 Å². The average molecular weight is 532 g/mol. The van der Waals surface area contributed by atoms with Gasteiger partial charge in [-0.25, -0.2) is 0 Å². The average Bonchev–Trinajstić information content (AvgIpc) is 2.90. The van der Waals surface area contributed by atoms with Gasteiger partial charge >= 0.3 is 17.9 Å². The summed E-state index contributed by atoms with van der Waals surface area (Å²) in [5.41, 5.74) is -0.880. The summed E-state index contributed by atoms with van der Waals surface area (Å²) >= 11 is 0. The maximum absolute atomic E-state index is 11.5. The molecule has 11 nitrogen and oxygen atoms in total. The normalized spacial score (nSPS) is 13.1. The van der Waals surface area contributed by atoms with Gasteiger partial charge in [0.25, 0.3) is 5.41 Å². The molecule has 0 bridgehead atoms. The van der Waals surface area contributed by atoms with E-state index in [4.69, 9.17) is 9.47 Å². The van der Waals surface area contributed by atoms with E-state index in [1.807, 2.05) is 67.6 Å². The van der Waals surface area contributed by atoms with Crippen molar-refractivity contribution < 1.29 is 39.2 Å². The molecule has 38 heavy (non-hydrogen) atoms. The first-order valence-electron chi connectivity index (χ1n) is 12.5. The lowest BCUT2D eigenvalue weighted by Gasteiger charge is -2.24. The molecular weight excluding hydrogens is 494 g/mol. The number of hydrogen-bond acceptors (Lipinski definition) is 8. The highest BCUT2D eigenvalue weighted by atomic mass is 16.5. The van der Waals surface area contributed by atoms with Gasteiger partial charge in [0.05, 0.1) is 13.2 Å². The van der Waals surface area contributed by atoms with Crippen LogP contribution in [-0.4, -0.2) is 71.9 Å². The third kappa shape index (κ3) is 9.84. The van der Waals surface area contributed by atoms with Crippen LogP contribution in [0.1, 0.15) is 30.9 Å². The largest absolute Gasteiger partial charge is 0.480 e. The van der Waals surface area contributed by atoms with E-state index in [0.29, 0.717) is 32.8 Å². The van der Waals surface area contributed by atoms with Crippen molar-refractivity contribution in [3.05, 3.63) is 71.8 Å². The summed E-state index contributed by atoms with van der Waals surface area (Å²) in [6.07, 6.45) is -1.34. The topological polar surface area (TPSA) is 166 Å². The Morgan fingerprint density at radius 2 is 1.21 bits per heavy atom. The van der Waals surface area contributed by atoms with E-state index in [2.05, 4.69) is 16.0 Å². The number of rotatable bonds is 20. The van der Waals surface area contributed by atoms with Crippen LogP contribution in [0.3, 0.4) is 0 Å². The summed E-state index contributed by atoms with van der Waals surface area (Å²) in [6.45, 7) is 4.45. The molecule has 2 aromatic carbocycles. The molecule has 11 heteroatoms. The molecule has 2 rings (SSSR count). The van der Waals surface area contributed by atoms with Gasteiger partial charge in [-0.3, -0.25) is 25.0 Å². The second-order valence-electron chi connectivity index (χ2n) is 8.66. The summed E-state index contributed by atoms with van der Waals surface area (Å²) in [7, 11) is 0. The molecule has 0 aliphatic heterocycles. The minimum Gasteiger partial charge on any atom is -0.480 e. The van der Waals surface area contributed by atoms with Crippen LogP contribution in [0.15, 0.2) is 60.7 Å². The van der Waals surface area contributed by atoms with Crippen LogP contribution < -0.4 is 16.0 Å². The molecule has 0 aliphatic rings. The Labute approximate surface area is 222 Å². The zero-order valence-electron chi connectivity index (χ0n) is 21.5. The summed E-state index contributed by atoms with van der Waals surface area (Å²) in [5.74, 6) is -5.71. The molecule has 208 valence electrons. The fraction of sp³-hybridized carbons (Fsp3) is 0.444. The number of ether oxygens (including phenoxy) is 2. The molecule has 0 radical (unpaired) electrons. The molecule has 0 saturated carbocycles. The number of benzene rings is 2. The lowest BCUT2D eigenvalue weighted by molar-refractivity contribution is -0.176. The molecule has 0 aliphatic carbocycles. The number of carboxylic acids is 3. The number of carbonyl (C=O) groups is 3. The number of nitrogens with one attached hydrogen (secondary N) is 3. The first kappa shape index (κ1) is 30.9. The van der Waals surface area contributed by atoms with Gasteiger partial charge < -0.3 is 30.1 Å². The lowest BCUT2D eigenvalue weighted by Crippen LogP contribution is -2.48. The van der Waals surface area contributed by atoms with Gasteiger partial charge in [-0.15, -0.1) is 0 Å². The monoisotopic (exact) mass is 531 g/mol. The summed E-state index contributed by atoms with van der Waals surface area (Å²) in [4.78, 5) is 34.4. The number of carboxylic acid groups (broad SMARTS) is 3. The Bertz CT molecular complexity index is 954. The highest BCUT2D eigenvalue weighted by Gasteiger charge is 2.53. The second kappa shape index (κ2) is 16.5. The van der Waals surface area contributed by atoms with Crippen LogP contribution in [0.4, 0.5) is 0 Å². The van der Waals surface area contributed by atoms with Gasteiger partial charge in [-0.05, 0) is 37.1 Å². The fourth-order valence-corrected chi connectivity index (χ4v) is 3.71. The number of likely N-dealkylation sites (N-methyl/N-ethyl adjacent to an activating group) is 1. The quantitative estimate of drug-likeness (QED) is 0.0839. The Hall–Kier alpha value is -3.35. The van der Waals surface area contributed by atoms with Gasteiger partial charge in [0, 0.05) is 13.1 Å². The maximum Gasteiger partial charge on any atom is 0.332 e. The molecule has 0 aromatic heterocycles. The second-order valence-corrected chi connectivity index (χ2v) is 8.66. The van der Waals surface area contributed by atoms with Crippen LogP contribution in [0.25, 0.3) is 0 Å². The van der Waals surface area contributed by atoms with E-state index in [-0.39, 0.29) is 19.2 Å². The summed E-state index contributed by atoms with van der Waals surface area (Å²) < 4.78 is 12.0.